The summed E-state index contributed by atoms with van der Waals surface area (Å²) in [5.41, 5.74) is 0. The van der Waals surface area contributed by atoms with Crippen molar-refractivity contribution in [2.45, 2.75) is 0 Å². The van der Waals surface area contributed by atoms with E-state index in [1.165, 1.54) is 0 Å². The van der Waals surface area contributed by atoms with Crippen LogP contribution in [0.4, 0.5) is 4.79 Å². The second-order valence-electron chi connectivity index (χ2n) is 2.45. The van der Waals surface area contributed by atoms with Crippen molar-refractivity contribution in [3.05, 3.63) is 0 Å². The minimum atomic E-state index is -1.24. The van der Waals surface area contributed by atoms with Gasteiger partial charge >= 0.3 is 65.8 Å². The Balaban J connectivity index is 2.57. The van der Waals surface area contributed by atoms with Gasteiger partial charge in [0.1, 0.15) is 0 Å². The SMILES string of the molecule is CN(C)[As]1N(C)C(=O)N1C. The Hall–Kier alpha value is -0.212. The molecular formula is C5H12AsN3O. The zero-order valence-electron chi connectivity index (χ0n) is 6.70. The fraction of sp³-hybridized carbons (Fsp3) is 0.800. The summed E-state index contributed by atoms with van der Waals surface area (Å²) < 4.78 is 5.81. The summed E-state index contributed by atoms with van der Waals surface area (Å²) in [6.45, 7) is 0. The summed E-state index contributed by atoms with van der Waals surface area (Å²) in [6, 6.07) is 0.147. The molecule has 10 heavy (non-hydrogen) atoms. The molecule has 1 rings (SSSR count). The third-order valence-electron chi connectivity index (χ3n) is 1.45. The summed E-state index contributed by atoms with van der Waals surface area (Å²) in [6.07, 6.45) is 0. The van der Waals surface area contributed by atoms with E-state index in [1.54, 1.807) is 0 Å². The average molecular weight is 205 g/mol. The molecule has 0 unspecified atom stereocenters. The fourth-order valence-electron chi connectivity index (χ4n) is 1.06. The number of carbonyl (C=O) groups excluding carboxylic acids is 1. The van der Waals surface area contributed by atoms with Gasteiger partial charge in [0, 0.05) is 0 Å². The molecule has 4 nitrogen and oxygen atoms in total. The van der Waals surface area contributed by atoms with Crippen molar-refractivity contribution in [3.63, 3.8) is 0 Å². The predicted octanol–water partition coefficient (Wildman–Crippen LogP) is -0.470. The van der Waals surface area contributed by atoms with Crippen LogP contribution in [0.1, 0.15) is 0 Å². The van der Waals surface area contributed by atoms with Crippen molar-refractivity contribution in [3.8, 4) is 0 Å². The summed E-state index contributed by atoms with van der Waals surface area (Å²) in [7, 11) is 7.75. The van der Waals surface area contributed by atoms with Gasteiger partial charge in [0.15, 0.2) is 0 Å². The molecule has 1 aliphatic rings. The summed E-state index contributed by atoms with van der Waals surface area (Å²) >= 11 is -1.24. The number of hydrogen-bond donors (Lipinski definition) is 0. The predicted molar refractivity (Wildman–Crippen MR) is 40.4 cm³/mol. The summed E-state index contributed by atoms with van der Waals surface area (Å²) in [4.78, 5) is 10.9. The number of hydrogen-bond acceptors (Lipinski definition) is 2. The maximum absolute atomic E-state index is 10.9. The Labute approximate surface area is 66.3 Å². The van der Waals surface area contributed by atoms with Gasteiger partial charge in [-0.3, -0.25) is 0 Å². The first-order chi connectivity index (χ1) is 4.55. The molecule has 0 aromatic carbocycles. The van der Waals surface area contributed by atoms with Crippen molar-refractivity contribution in [1.29, 1.82) is 0 Å². The van der Waals surface area contributed by atoms with Gasteiger partial charge in [-0.05, 0) is 0 Å². The van der Waals surface area contributed by atoms with E-state index >= 15 is 0 Å². The number of rotatable bonds is 1. The van der Waals surface area contributed by atoms with E-state index in [4.69, 9.17) is 0 Å². The van der Waals surface area contributed by atoms with Gasteiger partial charge in [0.2, 0.25) is 0 Å². The second-order valence-corrected chi connectivity index (χ2v) is 7.77. The first kappa shape index (κ1) is 7.89. The third-order valence-corrected chi connectivity index (χ3v) is 5.92. The van der Waals surface area contributed by atoms with Crippen LogP contribution in [0.5, 0.6) is 0 Å². The van der Waals surface area contributed by atoms with E-state index in [-0.39, 0.29) is 6.03 Å². The van der Waals surface area contributed by atoms with Crippen LogP contribution in [0, 0.1) is 0 Å². The first-order valence-electron chi connectivity index (χ1n) is 3.04. The molecule has 0 saturated carbocycles. The molecule has 2 amide bonds. The topological polar surface area (TPSA) is 26.8 Å². The first-order valence-corrected chi connectivity index (χ1v) is 5.56. The van der Waals surface area contributed by atoms with Crippen molar-refractivity contribution in [1.82, 2.24) is 11.5 Å². The Kier molecular flexibility index (Phi) is 1.92. The zero-order valence-corrected chi connectivity index (χ0v) is 8.57. The van der Waals surface area contributed by atoms with Gasteiger partial charge in [-0.15, -0.1) is 0 Å². The fourth-order valence-corrected chi connectivity index (χ4v) is 5.10. The quantitative estimate of drug-likeness (QED) is 0.541. The number of urea groups is 1. The van der Waals surface area contributed by atoms with Crippen molar-refractivity contribution in [2.75, 3.05) is 28.2 Å². The van der Waals surface area contributed by atoms with Gasteiger partial charge < -0.3 is 0 Å². The van der Waals surface area contributed by atoms with E-state index in [2.05, 4.69) is 3.82 Å². The van der Waals surface area contributed by atoms with Gasteiger partial charge in [-0.1, -0.05) is 0 Å². The van der Waals surface area contributed by atoms with Gasteiger partial charge in [-0.2, -0.15) is 0 Å². The van der Waals surface area contributed by atoms with Crippen LogP contribution >= 0.6 is 0 Å². The number of amides is 2. The van der Waals surface area contributed by atoms with Crippen LogP contribution in [0.15, 0.2) is 0 Å². The molecule has 0 bridgehead atoms. The number of nitrogens with zero attached hydrogens (tertiary/aromatic N) is 3. The summed E-state index contributed by atoms with van der Waals surface area (Å²) in [5.74, 6) is 0. The Morgan fingerprint density at radius 1 is 1.30 bits per heavy atom. The van der Waals surface area contributed by atoms with E-state index < -0.39 is 15.3 Å². The van der Waals surface area contributed by atoms with Crippen LogP contribution in [0.3, 0.4) is 0 Å². The van der Waals surface area contributed by atoms with Crippen molar-refractivity contribution in [2.24, 2.45) is 0 Å². The van der Waals surface area contributed by atoms with E-state index in [0.717, 1.165) is 0 Å². The number of carbonyl (C=O) groups is 1. The van der Waals surface area contributed by atoms with Gasteiger partial charge in [-0.25, -0.2) is 0 Å². The molecular weight excluding hydrogens is 193 g/mol. The van der Waals surface area contributed by atoms with Crippen LogP contribution in [-0.2, 0) is 0 Å². The van der Waals surface area contributed by atoms with E-state index in [9.17, 15) is 4.79 Å². The second kappa shape index (κ2) is 2.44. The van der Waals surface area contributed by atoms with Crippen LogP contribution < -0.4 is 0 Å². The molecule has 1 aliphatic heterocycles. The average Bonchev–Trinajstić information content (AvgIpc) is 1.87. The van der Waals surface area contributed by atoms with Gasteiger partial charge in [0.05, 0.1) is 0 Å². The molecule has 1 fully saturated rings. The minimum absolute atomic E-state index is 0.147. The molecule has 0 aliphatic carbocycles. The Morgan fingerprint density at radius 3 is 1.90 bits per heavy atom. The third kappa shape index (κ3) is 0.917. The van der Waals surface area contributed by atoms with Crippen molar-refractivity contribution >= 4 is 21.4 Å². The molecule has 58 valence electrons. The van der Waals surface area contributed by atoms with E-state index in [1.807, 2.05) is 35.8 Å². The standard InChI is InChI=1S/C5H12AsN3O/c1-7(2)6-8(3)5(10)9(6)4/h1-4H3. The van der Waals surface area contributed by atoms with Crippen LogP contribution in [0.25, 0.3) is 0 Å². The normalized spacial score (nSPS) is 20.3. The molecule has 0 aromatic heterocycles. The Bertz CT molecular complexity index is 149. The van der Waals surface area contributed by atoms with Gasteiger partial charge in [0.25, 0.3) is 0 Å². The molecule has 0 atom stereocenters. The zero-order chi connectivity index (χ0) is 7.89. The molecule has 0 spiro atoms. The van der Waals surface area contributed by atoms with Crippen molar-refractivity contribution < 1.29 is 4.79 Å². The Morgan fingerprint density at radius 2 is 1.70 bits per heavy atom. The molecule has 5 heteroatoms. The molecule has 0 radical (unpaired) electrons. The maximum atomic E-state index is 10.9. The molecule has 0 N–H and O–H groups in total. The summed E-state index contributed by atoms with van der Waals surface area (Å²) in [5, 5.41) is 0. The van der Waals surface area contributed by atoms with Crippen LogP contribution in [0.2, 0.25) is 0 Å². The van der Waals surface area contributed by atoms with Crippen LogP contribution in [-0.4, -0.2) is 61.0 Å². The monoisotopic (exact) mass is 205 g/mol. The molecule has 0 aromatic rings. The van der Waals surface area contributed by atoms with E-state index in [0.29, 0.717) is 0 Å². The molecule has 1 heterocycles. The molecule has 1 saturated heterocycles.